The molecule has 0 aromatic heterocycles. The summed E-state index contributed by atoms with van der Waals surface area (Å²) in [5, 5.41) is -1.04. The standard InChI is InChI=1S/C12H16Cl6O4/c1-21-9(19)11(15,16)5-7(13)3-4-8(14)6-12(17,18)10(20)22-2/h7-8H,3-6H2,1-2H3. The van der Waals surface area contributed by atoms with Crippen LogP contribution >= 0.6 is 69.6 Å². The Balaban J connectivity index is 4.33. The first-order valence-corrected chi connectivity index (χ1v) is 8.55. The molecule has 0 radical (unpaired) electrons. The second-order valence-corrected chi connectivity index (χ2v) is 8.77. The summed E-state index contributed by atoms with van der Waals surface area (Å²) in [6.45, 7) is 0. The average molecular weight is 437 g/mol. The molecule has 2 atom stereocenters. The minimum absolute atomic E-state index is 0.0160. The zero-order chi connectivity index (χ0) is 17.6. The summed E-state index contributed by atoms with van der Waals surface area (Å²) < 4.78 is 5.50. The van der Waals surface area contributed by atoms with Crippen molar-refractivity contribution in [3.63, 3.8) is 0 Å². The van der Waals surface area contributed by atoms with E-state index in [0.717, 1.165) is 0 Å². The third-order valence-electron chi connectivity index (χ3n) is 2.72. The van der Waals surface area contributed by atoms with Crippen LogP contribution in [0.15, 0.2) is 0 Å². The number of carbonyl (C=O) groups excluding carboxylic acids is 2. The van der Waals surface area contributed by atoms with Gasteiger partial charge in [-0.2, -0.15) is 0 Å². The summed E-state index contributed by atoms with van der Waals surface area (Å²) in [5.41, 5.74) is 0. The highest BCUT2D eigenvalue weighted by atomic mass is 35.5. The van der Waals surface area contributed by atoms with Crippen molar-refractivity contribution in [2.45, 2.75) is 45.1 Å². The Morgan fingerprint density at radius 2 is 1.09 bits per heavy atom. The van der Waals surface area contributed by atoms with Crippen LogP contribution in [0.4, 0.5) is 0 Å². The van der Waals surface area contributed by atoms with Crippen LogP contribution in [0, 0.1) is 0 Å². The molecule has 130 valence electrons. The zero-order valence-electron chi connectivity index (χ0n) is 11.9. The number of alkyl halides is 6. The molecule has 10 heteroatoms. The Kier molecular flexibility index (Phi) is 10.2. The first kappa shape index (κ1) is 22.7. The van der Waals surface area contributed by atoms with E-state index in [9.17, 15) is 9.59 Å². The van der Waals surface area contributed by atoms with E-state index in [-0.39, 0.29) is 12.8 Å². The second-order valence-electron chi connectivity index (χ2n) is 4.57. The first-order chi connectivity index (χ1) is 9.96. The number of ether oxygens (including phenoxy) is 2. The van der Waals surface area contributed by atoms with Crippen molar-refractivity contribution in [3.05, 3.63) is 0 Å². The molecule has 0 heterocycles. The Morgan fingerprint density at radius 3 is 1.32 bits per heavy atom. The molecule has 0 aliphatic carbocycles. The quantitative estimate of drug-likeness (QED) is 0.395. The van der Waals surface area contributed by atoms with Crippen LogP contribution in [0.1, 0.15) is 25.7 Å². The van der Waals surface area contributed by atoms with Gasteiger partial charge >= 0.3 is 11.9 Å². The normalized spacial score (nSPS) is 15.1. The third-order valence-corrected chi connectivity index (χ3v) is 4.70. The Hall–Kier alpha value is 0.680. The van der Waals surface area contributed by atoms with E-state index in [1.54, 1.807) is 0 Å². The average Bonchev–Trinajstić information content (AvgIpc) is 2.42. The maximum Gasteiger partial charge on any atom is 0.342 e. The van der Waals surface area contributed by atoms with Gasteiger partial charge in [-0.3, -0.25) is 0 Å². The fourth-order valence-electron chi connectivity index (χ4n) is 1.59. The van der Waals surface area contributed by atoms with Gasteiger partial charge in [-0.05, 0) is 12.8 Å². The fraction of sp³-hybridized carbons (Fsp3) is 0.833. The first-order valence-electron chi connectivity index (χ1n) is 6.17. The number of methoxy groups -OCH3 is 2. The molecule has 0 amide bonds. The molecule has 0 saturated carbocycles. The van der Waals surface area contributed by atoms with Gasteiger partial charge in [0.1, 0.15) is 0 Å². The minimum atomic E-state index is -1.72. The van der Waals surface area contributed by atoms with Crippen molar-refractivity contribution in [3.8, 4) is 0 Å². The number of esters is 2. The lowest BCUT2D eigenvalue weighted by Crippen LogP contribution is -2.32. The van der Waals surface area contributed by atoms with E-state index in [4.69, 9.17) is 69.6 Å². The van der Waals surface area contributed by atoms with Crippen molar-refractivity contribution in [2.24, 2.45) is 0 Å². The molecule has 0 aliphatic rings. The summed E-state index contributed by atoms with van der Waals surface area (Å²) in [4.78, 5) is 22.7. The summed E-state index contributed by atoms with van der Waals surface area (Å²) in [7, 11) is 2.35. The van der Waals surface area contributed by atoms with Gasteiger partial charge in [0.15, 0.2) is 0 Å². The van der Waals surface area contributed by atoms with E-state index in [0.29, 0.717) is 12.8 Å². The lowest BCUT2D eigenvalue weighted by atomic mass is 10.1. The van der Waals surface area contributed by atoms with Gasteiger partial charge in [0.25, 0.3) is 0 Å². The van der Waals surface area contributed by atoms with E-state index in [2.05, 4.69) is 9.47 Å². The van der Waals surface area contributed by atoms with Gasteiger partial charge < -0.3 is 9.47 Å². The number of halogens is 6. The third kappa shape index (κ3) is 7.98. The molecule has 0 spiro atoms. The van der Waals surface area contributed by atoms with Gasteiger partial charge in [-0.15, -0.1) is 23.2 Å². The molecule has 0 aliphatic heterocycles. The molecule has 0 N–H and O–H groups in total. The van der Waals surface area contributed by atoms with Crippen molar-refractivity contribution in [1.82, 2.24) is 0 Å². The summed E-state index contributed by atoms with van der Waals surface area (Å²) in [5.74, 6) is -1.56. The highest BCUT2D eigenvalue weighted by Crippen LogP contribution is 2.34. The molecule has 0 saturated heterocycles. The molecule has 22 heavy (non-hydrogen) atoms. The van der Waals surface area contributed by atoms with Crippen LogP contribution < -0.4 is 0 Å². The Bertz CT molecular complexity index is 352. The van der Waals surface area contributed by atoms with Crippen molar-refractivity contribution >= 4 is 81.5 Å². The molecule has 0 rings (SSSR count). The van der Waals surface area contributed by atoms with Crippen LogP contribution in [0.5, 0.6) is 0 Å². The van der Waals surface area contributed by atoms with Gasteiger partial charge in [0.05, 0.1) is 14.2 Å². The molecular weight excluding hydrogens is 421 g/mol. The fourth-order valence-corrected chi connectivity index (χ4v) is 3.67. The maximum atomic E-state index is 11.3. The molecule has 0 fully saturated rings. The Labute approximate surface area is 159 Å². The van der Waals surface area contributed by atoms with Crippen LogP contribution in [-0.2, 0) is 19.1 Å². The summed E-state index contributed by atoms with van der Waals surface area (Å²) in [6.07, 6.45) is 0.744. The minimum Gasteiger partial charge on any atom is -0.467 e. The van der Waals surface area contributed by atoms with E-state index in [1.807, 2.05) is 0 Å². The van der Waals surface area contributed by atoms with E-state index in [1.165, 1.54) is 14.2 Å². The van der Waals surface area contributed by atoms with Gasteiger partial charge in [0, 0.05) is 23.6 Å². The Morgan fingerprint density at radius 1 is 0.818 bits per heavy atom. The highest BCUT2D eigenvalue weighted by Gasteiger charge is 2.39. The van der Waals surface area contributed by atoms with Crippen LogP contribution in [-0.4, -0.2) is 45.6 Å². The predicted molar refractivity (Wildman–Crippen MR) is 90.7 cm³/mol. The molecule has 0 bridgehead atoms. The zero-order valence-corrected chi connectivity index (χ0v) is 16.4. The van der Waals surface area contributed by atoms with Crippen LogP contribution in [0.3, 0.4) is 0 Å². The lowest BCUT2D eigenvalue weighted by Gasteiger charge is -2.22. The number of rotatable bonds is 9. The van der Waals surface area contributed by atoms with Crippen molar-refractivity contribution < 1.29 is 19.1 Å². The maximum absolute atomic E-state index is 11.3. The molecule has 4 nitrogen and oxygen atoms in total. The molecule has 0 aromatic carbocycles. The second kappa shape index (κ2) is 9.85. The lowest BCUT2D eigenvalue weighted by molar-refractivity contribution is -0.142. The van der Waals surface area contributed by atoms with Gasteiger partial charge in [-0.1, -0.05) is 46.4 Å². The van der Waals surface area contributed by atoms with Crippen molar-refractivity contribution in [1.29, 1.82) is 0 Å². The number of carbonyl (C=O) groups is 2. The van der Waals surface area contributed by atoms with E-state index < -0.39 is 31.4 Å². The number of hydrogen-bond acceptors (Lipinski definition) is 4. The largest absolute Gasteiger partial charge is 0.467 e. The molecule has 0 aromatic rings. The smallest absolute Gasteiger partial charge is 0.342 e. The van der Waals surface area contributed by atoms with Gasteiger partial charge in [-0.25, -0.2) is 9.59 Å². The van der Waals surface area contributed by atoms with Gasteiger partial charge in [0.2, 0.25) is 8.67 Å². The molecular formula is C12H16Cl6O4. The van der Waals surface area contributed by atoms with E-state index >= 15 is 0 Å². The summed E-state index contributed by atoms with van der Waals surface area (Å²) in [6, 6.07) is 0. The monoisotopic (exact) mass is 434 g/mol. The number of hydrogen-bond donors (Lipinski definition) is 0. The van der Waals surface area contributed by atoms with Crippen molar-refractivity contribution in [2.75, 3.05) is 14.2 Å². The molecule has 2 unspecified atom stereocenters. The summed E-state index contributed by atoms with van der Waals surface area (Å²) >= 11 is 35.5. The SMILES string of the molecule is COC(=O)C(Cl)(Cl)CC(Cl)CCC(Cl)CC(Cl)(Cl)C(=O)OC. The topological polar surface area (TPSA) is 52.6 Å². The predicted octanol–water partition coefficient (Wildman–Crippen LogP) is 4.46. The van der Waals surface area contributed by atoms with Crippen LogP contribution in [0.2, 0.25) is 0 Å². The van der Waals surface area contributed by atoms with Crippen LogP contribution in [0.25, 0.3) is 0 Å². The highest BCUT2D eigenvalue weighted by molar-refractivity contribution is 6.58.